The van der Waals surface area contributed by atoms with E-state index < -0.39 is 4.92 Å². The highest BCUT2D eigenvalue weighted by atomic mass is 79.9. The summed E-state index contributed by atoms with van der Waals surface area (Å²) in [6.45, 7) is 2.16. The van der Waals surface area contributed by atoms with Crippen LogP contribution in [0.5, 0.6) is 5.75 Å². The highest BCUT2D eigenvalue weighted by Gasteiger charge is 2.17. The Morgan fingerprint density at radius 1 is 1.41 bits per heavy atom. The SMILES string of the molecule is O=C(COc1ccc(/C=N\Nc2ncccc2[N+](=O)[O-])cc1Br)N1CCOCC1. The molecule has 0 spiro atoms. The first-order valence-corrected chi connectivity index (χ1v) is 9.50. The van der Waals surface area contributed by atoms with Crippen LogP contribution in [0, 0.1) is 10.1 Å². The number of halogens is 1. The lowest BCUT2D eigenvalue weighted by Gasteiger charge is -2.26. The summed E-state index contributed by atoms with van der Waals surface area (Å²) in [7, 11) is 0. The molecule has 1 amide bonds. The van der Waals surface area contributed by atoms with E-state index in [4.69, 9.17) is 9.47 Å². The number of rotatable bonds is 7. The molecule has 3 rings (SSSR count). The van der Waals surface area contributed by atoms with E-state index in [2.05, 4.69) is 31.4 Å². The molecular weight excluding hydrogens is 446 g/mol. The number of hydrazone groups is 1. The Morgan fingerprint density at radius 2 is 2.21 bits per heavy atom. The van der Waals surface area contributed by atoms with Gasteiger partial charge >= 0.3 is 5.69 Å². The molecule has 0 saturated carbocycles. The topological polar surface area (TPSA) is 119 Å². The molecule has 29 heavy (non-hydrogen) atoms. The van der Waals surface area contributed by atoms with Crippen LogP contribution in [-0.2, 0) is 9.53 Å². The highest BCUT2D eigenvalue weighted by Crippen LogP contribution is 2.26. The summed E-state index contributed by atoms with van der Waals surface area (Å²) in [6.07, 6.45) is 2.93. The summed E-state index contributed by atoms with van der Waals surface area (Å²) in [5, 5.41) is 15.0. The number of amides is 1. The van der Waals surface area contributed by atoms with Crippen molar-refractivity contribution in [2.75, 3.05) is 38.3 Å². The van der Waals surface area contributed by atoms with Crippen LogP contribution in [0.3, 0.4) is 0 Å². The summed E-state index contributed by atoms with van der Waals surface area (Å²) in [4.78, 5) is 28.2. The van der Waals surface area contributed by atoms with Gasteiger partial charge in [-0.2, -0.15) is 5.10 Å². The van der Waals surface area contributed by atoms with Crippen molar-refractivity contribution in [1.82, 2.24) is 9.88 Å². The number of nitrogens with one attached hydrogen (secondary N) is 1. The molecule has 0 aliphatic carbocycles. The monoisotopic (exact) mass is 463 g/mol. The minimum absolute atomic E-state index is 0.0504. The van der Waals surface area contributed by atoms with Crippen molar-refractivity contribution >= 4 is 39.6 Å². The number of carbonyl (C=O) groups excluding carboxylic acids is 1. The number of benzene rings is 1. The Morgan fingerprint density at radius 3 is 2.93 bits per heavy atom. The number of hydrogen-bond acceptors (Lipinski definition) is 8. The third-order valence-corrected chi connectivity index (χ3v) is 4.66. The quantitative estimate of drug-likeness (QED) is 0.380. The predicted molar refractivity (Wildman–Crippen MR) is 109 cm³/mol. The largest absolute Gasteiger partial charge is 0.483 e. The van der Waals surface area contributed by atoms with Crippen LogP contribution in [0.2, 0.25) is 0 Å². The Bertz CT molecular complexity index is 917. The second kappa shape index (κ2) is 9.94. The molecule has 0 unspecified atom stereocenters. The predicted octanol–water partition coefficient (Wildman–Crippen LogP) is 2.44. The van der Waals surface area contributed by atoms with Gasteiger partial charge in [-0.1, -0.05) is 0 Å². The number of aromatic nitrogens is 1. The second-order valence-corrected chi connectivity index (χ2v) is 6.82. The van der Waals surface area contributed by atoms with Gasteiger partial charge in [0, 0.05) is 25.4 Å². The maximum Gasteiger partial charge on any atom is 0.313 e. The van der Waals surface area contributed by atoms with Crippen LogP contribution in [-0.4, -0.2) is 59.8 Å². The maximum absolute atomic E-state index is 12.1. The third kappa shape index (κ3) is 5.72. The first-order valence-electron chi connectivity index (χ1n) is 8.71. The molecule has 0 bridgehead atoms. The number of morpholine rings is 1. The lowest BCUT2D eigenvalue weighted by atomic mass is 10.2. The molecule has 2 aromatic rings. The van der Waals surface area contributed by atoms with E-state index in [1.807, 2.05) is 0 Å². The van der Waals surface area contributed by atoms with Crippen LogP contribution in [0.1, 0.15) is 5.56 Å². The normalized spacial score (nSPS) is 14.0. The average Bonchev–Trinajstić information content (AvgIpc) is 2.74. The van der Waals surface area contributed by atoms with Gasteiger partial charge in [-0.25, -0.2) is 4.98 Å². The molecule has 1 aliphatic rings. The van der Waals surface area contributed by atoms with E-state index in [9.17, 15) is 14.9 Å². The van der Waals surface area contributed by atoms with Crippen LogP contribution >= 0.6 is 15.9 Å². The number of nitrogens with zero attached hydrogens (tertiary/aromatic N) is 4. The number of carbonyl (C=O) groups is 1. The first kappa shape index (κ1) is 20.7. The molecule has 1 saturated heterocycles. The third-order valence-electron chi connectivity index (χ3n) is 4.04. The van der Waals surface area contributed by atoms with Crippen molar-refractivity contribution in [3.05, 3.63) is 56.7 Å². The molecule has 1 aromatic carbocycles. The molecule has 0 radical (unpaired) electrons. The van der Waals surface area contributed by atoms with Crippen molar-refractivity contribution in [3.8, 4) is 5.75 Å². The molecule has 1 fully saturated rings. The number of pyridine rings is 1. The molecule has 1 N–H and O–H groups in total. The van der Waals surface area contributed by atoms with Gasteiger partial charge in [-0.15, -0.1) is 0 Å². The standard InChI is InChI=1S/C18H18BrN5O5/c19-14-10-13(11-21-22-18-15(24(26)27)2-1-5-20-18)3-4-16(14)29-12-17(25)23-6-8-28-9-7-23/h1-5,10-11H,6-9,12H2,(H,20,22)/b21-11-. The van der Waals surface area contributed by atoms with Crippen LogP contribution in [0.25, 0.3) is 0 Å². The molecule has 1 aliphatic heterocycles. The average molecular weight is 464 g/mol. The van der Waals surface area contributed by atoms with Gasteiger partial charge in [0.2, 0.25) is 5.82 Å². The number of nitro groups is 1. The van der Waals surface area contributed by atoms with Crippen molar-refractivity contribution in [2.24, 2.45) is 5.10 Å². The minimum atomic E-state index is -0.536. The zero-order valence-corrected chi connectivity index (χ0v) is 16.9. The van der Waals surface area contributed by atoms with Gasteiger partial charge in [0.25, 0.3) is 5.91 Å². The summed E-state index contributed by atoms with van der Waals surface area (Å²) >= 11 is 3.41. The molecule has 152 valence electrons. The van der Waals surface area contributed by atoms with Crippen LogP contribution in [0.4, 0.5) is 11.5 Å². The lowest BCUT2D eigenvalue weighted by Crippen LogP contribution is -2.43. The van der Waals surface area contributed by atoms with Gasteiger partial charge in [0.1, 0.15) is 5.75 Å². The molecule has 1 aromatic heterocycles. The summed E-state index contributed by atoms with van der Waals surface area (Å²) in [6, 6.07) is 8.03. The van der Waals surface area contributed by atoms with Crippen molar-refractivity contribution in [1.29, 1.82) is 0 Å². The first-order chi connectivity index (χ1) is 14.0. The molecule has 11 heteroatoms. The second-order valence-electron chi connectivity index (χ2n) is 5.97. The van der Waals surface area contributed by atoms with E-state index >= 15 is 0 Å². The van der Waals surface area contributed by atoms with E-state index in [1.165, 1.54) is 24.5 Å². The smallest absolute Gasteiger partial charge is 0.313 e. The van der Waals surface area contributed by atoms with Gasteiger partial charge in [0.05, 0.1) is 28.8 Å². The fourth-order valence-electron chi connectivity index (χ4n) is 2.56. The van der Waals surface area contributed by atoms with E-state index in [-0.39, 0.29) is 24.0 Å². The fourth-order valence-corrected chi connectivity index (χ4v) is 3.07. The van der Waals surface area contributed by atoms with Crippen molar-refractivity contribution in [2.45, 2.75) is 0 Å². The molecule has 0 atom stereocenters. The number of hydrogen-bond donors (Lipinski definition) is 1. The highest BCUT2D eigenvalue weighted by molar-refractivity contribution is 9.10. The summed E-state index contributed by atoms with van der Waals surface area (Å²) < 4.78 is 11.5. The van der Waals surface area contributed by atoms with Crippen molar-refractivity contribution in [3.63, 3.8) is 0 Å². The summed E-state index contributed by atoms with van der Waals surface area (Å²) in [5.74, 6) is 0.485. The van der Waals surface area contributed by atoms with Gasteiger partial charge in [-0.05, 0) is 45.8 Å². The van der Waals surface area contributed by atoms with E-state index in [1.54, 1.807) is 23.1 Å². The van der Waals surface area contributed by atoms with Gasteiger partial charge in [-0.3, -0.25) is 20.3 Å². The van der Waals surface area contributed by atoms with Crippen LogP contribution < -0.4 is 10.2 Å². The lowest BCUT2D eigenvalue weighted by molar-refractivity contribution is -0.384. The molecule has 2 heterocycles. The van der Waals surface area contributed by atoms with Crippen LogP contribution in [0.15, 0.2) is 46.1 Å². The maximum atomic E-state index is 12.1. The fraction of sp³-hybridized carbons (Fsp3) is 0.278. The number of anilines is 1. The molecular formula is C18H18BrN5O5. The summed E-state index contributed by atoms with van der Waals surface area (Å²) in [5.41, 5.74) is 3.11. The Labute approximate surface area is 174 Å². The Kier molecular flexibility index (Phi) is 7.09. The van der Waals surface area contributed by atoms with Gasteiger partial charge < -0.3 is 14.4 Å². The zero-order valence-electron chi connectivity index (χ0n) is 15.3. The molecule has 10 nitrogen and oxygen atoms in total. The van der Waals surface area contributed by atoms with Gasteiger partial charge in [0.15, 0.2) is 6.61 Å². The number of ether oxygens (including phenoxy) is 2. The van der Waals surface area contributed by atoms with Crippen molar-refractivity contribution < 1.29 is 19.2 Å². The van der Waals surface area contributed by atoms with E-state index in [0.29, 0.717) is 36.5 Å². The Balaban J connectivity index is 1.57. The Hall–Kier alpha value is -3.05. The van der Waals surface area contributed by atoms with E-state index in [0.717, 1.165) is 5.56 Å². The zero-order chi connectivity index (χ0) is 20.6. The minimum Gasteiger partial charge on any atom is -0.483 e.